The molecule has 0 amide bonds. The number of thiazole rings is 1. The predicted octanol–water partition coefficient (Wildman–Crippen LogP) is 4.02. The summed E-state index contributed by atoms with van der Waals surface area (Å²) in [5.74, 6) is 0. The van der Waals surface area contributed by atoms with E-state index in [1.54, 1.807) is 11.3 Å². The monoisotopic (exact) mass is 320 g/mol. The lowest BCUT2D eigenvalue weighted by molar-refractivity contribution is 0.122. The van der Waals surface area contributed by atoms with Gasteiger partial charge in [-0.3, -0.25) is 0 Å². The van der Waals surface area contributed by atoms with Crippen LogP contribution in [0, 0.1) is 0 Å². The molecule has 1 aliphatic rings. The molecule has 0 spiro atoms. The Balaban J connectivity index is 1.86. The van der Waals surface area contributed by atoms with Crippen LogP contribution in [0.2, 0.25) is 8.67 Å². The predicted molar refractivity (Wildman–Crippen MR) is 78.5 cm³/mol. The van der Waals surface area contributed by atoms with Gasteiger partial charge in [0.25, 0.3) is 0 Å². The van der Waals surface area contributed by atoms with Crippen molar-refractivity contribution >= 4 is 51.0 Å². The number of hydrogen-bond donors (Lipinski definition) is 0. The number of thiophene rings is 1. The highest BCUT2D eigenvalue weighted by Crippen LogP contribution is 2.39. The third-order valence-electron chi connectivity index (χ3n) is 2.71. The van der Waals surface area contributed by atoms with Crippen molar-refractivity contribution in [2.75, 3.05) is 31.2 Å². The number of nitrogens with zero attached hydrogens (tertiary/aromatic N) is 2. The third kappa shape index (κ3) is 2.51. The molecule has 1 fully saturated rings. The van der Waals surface area contributed by atoms with E-state index in [0.717, 1.165) is 42.7 Å². The first kappa shape index (κ1) is 12.7. The lowest BCUT2D eigenvalue weighted by atomic mass is 10.3. The molecule has 1 aliphatic heterocycles. The average molecular weight is 321 g/mol. The lowest BCUT2D eigenvalue weighted by Crippen LogP contribution is -2.36. The largest absolute Gasteiger partial charge is 0.378 e. The van der Waals surface area contributed by atoms with Gasteiger partial charge in [0, 0.05) is 24.0 Å². The van der Waals surface area contributed by atoms with Crippen molar-refractivity contribution in [3.05, 3.63) is 20.1 Å². The Morgan fingerprint density at radius 1 is 1.28 bits per heavy atom. The molecule has 96 valence electrons. The Morgan fingerprint density at radius 3 is 2.72 bits per heavy atom. The second kappa shape index (κ2) is 5.35. The van der Waals surface area contributed by atoms with Gasteiger partial charge in [0.15, 0.2) is 5.13 Å². The van der Waals surface area contributed by atoms with Crippen molar-refractivity contribution < 1.29 is 4.74 Å². The molecule has 2 aromatic rings. The van der Waals surface area contributed by atoms with E-state index in [-0.39, 0.29) is 0 Å². The molecule has 0 unspecified atom stereocenters. The summed E-state index contributed by atoms with van der Waals surface area (Å²) in [4.78, 5) is 6.87. The van der Waals surface area contributed by atoms with Gasteiger partial charge in [0.05, 0.1) is 23.2 Å². The zero-order valence-electron chi connectivity index (χ0n) is 9.36. The van der Waals surface area contributed by atoms with Crippen LogP contribution in [0.25, 0.3) is 11.3 Å². The zero-order chi connectivity index (χ0) is 12.5. The van der Waals surface area contributed by atoms with Gasteiger partial charge in [-0.2, -0.15) is 0 Å². The van der Waals surface area contributed by atoms with E-state index in [1.807, 2.05) is 11.4 Å². The Morgan fingerprint density at radius 2 is 2.06 bits per heavy atom. The van der Waals surface area contributed by atoms with Crippen LogP contribution in [0.5, 0.6) is 0 Å². The Hall–Kier alpha value is -0.330. The minimum Gasteiger partial charge on any atom is -0.378 e. The van der Waals surface area contributed by atoms with Crippen molar-refractivity contribution in [2.24, 2.45) is 0 Å². The Kier molecular flexibility index (Phi) is 3.77. The van der Waals surface area contributed by atoms with Gasteiger partial charge in [-0.15, -0.1) is 22.7 Å². The summed E-state index contributed by atoms with van der Waals surface area (Å²) in [5, 5.41) is 3.04. The first-order chi connectivity index (χ1) is 8.74. The lowest BCUT2D eigenvalue weighted by Gasteiger charge is -2.25. The summed E-state index contributed by atoms with van der Waals surface area (Å²) < 4.78 is 6.72. The molecule has 0 saturated carbocycles. The molecule has 2 aromatic heterocycles. The van der Waals surface area contributed by atoms with Gasteiger partial charge in [-0.1, -0.05) is 23.2 Å². The normalized spacial score (nSPS) is 16.2. The molecule has 18 heavy (non-hydrogen) atoms. The standard InChI is InChI=1S/C11H10Cl2N2OS2/c12-9-5-7(10(13)18-9)8-6-17-11(14-8)15-1-3-16-4-2-15/h5-6H,1-4H2. The fourth-order valence-electron chi connectivity index (χ4n) is 1.80. The SMILES string of the molecule is Clc1cc(-c2csc(N3CCOCC3)n2)c(Cl)s1. The van der Waals surface area contributed by atoms with E-state index in [0.29, 0.717) is 8.67 Å². The van der Waals surface area contributed by atoms with Gasteiger partial charge >= 0.3 is 0 Å². The van der Waals surface area contributed by atoms with Crippen molar-refractivity contribution in [3.8, 4) is 11.3 Å². The number of anilines is 1. The number of morpholine rings is 1. The average Bonchev–Trinajstić information content (AvgIpc) is 2.97. The first-order valence-corrected chi connectivity index (χ1v) is 7.92. The molecule has 3 heterocycles. The number of aromatic nitrogens is 1. The van der Waals surface area contributed by atoms with Crippen LogP contribution in [0.1, 0.15) is 0 Å². The van der Waals surface area contributed by atoms with Gasteiger partial charge in [0.1, 0.15) is 4.34 Å². The maximum atomic E-state index is 6.14. The summed E-state index contributed by atoms with van der Waals surface area (Å²) in [6.07, 6.45) is 0. The van der Waals surface area contributed by atoms with E-state index in [2.05, 4.69) is 9.88 Å². The number of halogens is 2. The molecule has 0 atom stereocenters. The van der Waals surface area contributed by atoms with E-state index in [4.69, 9.17) is 27.9 Å². The van der Waals surface area contributed by atoms with Crippen LogP contribution in [0.3, 0.4) is 0 Å². The van der Waals surface area contributed by atoms with Crippen LogP contribution in [0.15, 0.2) is 11.4 Å². The van der Waals surface area contributed by atoms with Crippen LogP contribution in [-0.4, -0.2) is 31.3 Å². The summed E-state index contributed by atoms with van der Waals surface area (Å²) in [5.41, 5.74) is 1.82. The quantitative estimate of drug-likeness (QED) is 0.835. The third-order valence-corrected chi connectivity index (χ3v) is 5.10. The van der Waals surface area contributed by atoms with Crippen molar-refractivity contribution in [1.82, 2.24) is 4.98 Å². The van der Waals surface area contributed by atoms with Gasteiger partial charge < -0.3 is 9.64 Å². The van der Waals surface area contributed by atoms with Crippen molar-refractivity contribution in [1.29, 1.82) is 0 Å². The molecule has 7 heteroatoms. The van der Waals surface area contributed by atoms with Crippen LogP contribution in [-0.2, 0) is 4.74 Å². The molecule has 1 saturated heterocycles. The van der Waals surface area contributed by atoms with E-state index >= 15 is 0 Å². The smallest absolute Gasteiger partial charge is 0.186 e. The molecular formula is C11H10Cl2N2OS2. The molecule has 0 aliphatic carbocycles. The highest BCUT2D eigenvalue weighted by atomic mass is 35.5. The van der Waals surface area contributed by atoms with Gasteiger partial charge in [-0.05, 0) is 6.07 Å². The fraction of sp³-hybridized carbons (Fsp3) is 0.364. The Labute approximate surface area is 123 Å². The van der Waals surface area contributed by atoms with Crippen molar-refractivity contribution in [2.45, 2.75) is 0 Å². The molecule has 3 rings (SSSR count). The number of hydrogen-bond acceptors (Lipinski definition) is 5. The molecular weight excluding hydrogens is 311 g/mol. The van der Waals surface area contributed by atoms with Gasteiger partial charge in [-0.25, -0.2) is 4.98 Å². The maximum absolute atomic E-state index is 6.14. The topological polar surface area (TPSA) is 25.4 Å². The summed E-state index contributed by atoms with van der Waals surface area (Å²) in [7, 11) is 0. The van der Waals surface area contributed by atoms with Gasteiger partial charge in [0.2, 0.25) is 0 Å². The highest BCUT2D eigenvalue weighted by molar-refractivity contribution is 7.20. The van der Waals surface area contributed by atoms with Crippen LogP contribution >= 0.6 is 45.9 Å². The fourth-order valence-corrected chi connectivity index (χ4v) is 4.16. The summed E-state index contributed by atoms with van der Waals surface area (Å²) in [6.45, 7) is 3.32. The van der Waals surface area contributed by atoms with E-state index in [9.17, 15) is 0 Å². The minimum atomic E-state index is 0.691. The molecule has 3 nitrogen and oxygen atoms in total. The highest BCUT2D eigenvalue weighted by Gasteiger charge is 2.17. The maximum Gasteiger partial charge on any atom is 0.186 e. The number of rotatable bonds is 2. The number of ether oxygens (including phenoxy) is 1. The van der Waals surface area contributed by atoms with E-state index < -0.39 is 0 Å². The minimum absolute atomic E-state index is 0.691. The molecule has 0 radical (unpaired) electrons. The van der Waals surface area contributed by atoms with Crippen molar-refractivity contribution in [3.63, 3.8) is 0 Å². The van der Waals surface area contributed by atoms with E-state index in [1.165, 1.54) is 11.3 Å². The second-order valence-corrected chi connectivity index (χ2v) is 6.97. The first-order valence-electron chi connectivity index (χ1n) is 5.47. The Bertz CT molecular complexity index is 549. The summed E-state index contributed by atoms with van der Waals surface area (Å²) >= 11 is 15.1. The van der Waals surface area contributed by atoms with Crippen LogP contribution < -0.4 is 4.90 Å². The van der Waals surface area contributed by atoms with Crippen LogP contribution in [0.4, 0.5) is 5.13 Å². The molecule has 0 N–H and O–H groups in total. The second-order valence-electron chi connectivity index (χ2n) is 3.85. The zero-order valence-corrected chi connectivity index (χ0v) is 12.5. The molecule has 0 aromatic carbocycles. The molecule has 0 bridgehead atoms. The summed E-state index contributed by atoms with van der Waals surface area (Å²) in [6, 6.07) is 1.87.